The summed E-state index contributed by atoms with van der Waals surface area (Å²) in [6, 6.07) is 6.52. The molecule has 0 saturated carbocycles. The number of carbonyl (C=O) groups excluding carboxylic acids is 2. The molecule has 1 aromatic heterocycles. The molecule has 0 bridgehead atoms. The zero-order valence-corrected chi connectivity index (χ0v) is 15.8. The van der Waals surface area contributed by atoms with Crippen molar-refractivity contribution in [2.75, 3.05) is 45.2 Å². The van der Waals surface area contributed by atoms with Crippen molar-refractivity contribution in [3.8, 4) is 0 Å². The number of benzene rings is 1. The van der Waals surface area contributed by atoms with Gasteiger partial charge in [0.1, 0.15) is 11.3 Å². The number of nitrogens with zero attached hydrogens (tertiary/aromatic N) is 2. The molecule has 2 aromatic rings. The van der Waals surface area contributed by atoms with Gasteiger partial charge in [0.05, 0.1) is 19.1 Å². The van der Waals surface area contributed by atoms with E-state index in [9.17, 15) is 14.4 Å². The maximum absolute atomic E-state index is 12.9. The van der Waals surface area contributed by atoms with Crippen LogP contribution in [0.25, 0.3) is 11.0 Å². The molecule has 0 aliphatic carbocycles. The highest BCUT2D eigenvalue weighted by molar-refractivity contribution is 6.10. The van der Waals surface area contributed by atoms with Crippen molar-refractivity contribution < 1.29 is 28.6 Å². The highest BCUT2D eigenvalue weighted by Crippen LogP contribution is 2.32. The van der Waals surface area contributed by atoms with Crippen molar-refractivity contribution in [3.05, 3.63) is 30.0 Å². The van der Waals surface area contributed by atoms with E-state index < -0.39 is 17.9 Å². The first-order valence-electron chi connectivity index (χ1n) is 9.02. The minimum absolute atomic E-state index is 0.0314. The van der Waals surface area contributed by atoms with Crippen molar-refractivity contribution in [3.63, 3.8) is 0 Å². The molecule has 28 heavy (non-hydrogen) atoms. The van der Waals surface area contributed by atoms with E-state index in [4.69, 9.17) is 14.3 Å². The molecule has 0 radical (unpaired) electrons. The van der Waals surface area contributed by atoms with Gasteiger partial charge in [0.25, 0.3) is 5.91 Å². The number of nitrogens with one attached hydrogen (secondary N) is 1. The minimum atomic E-state index is -0.989. The third-order valence-electron chi connectivity index (χ3n) is 4.64. The summed E-state index contributed by atoms with van der Waals surface area (Å²) in [6.07, 6.45) is 0. The van der Waals surface area contributed by atoms with E-state index in [2.05, 4.69) is 5.32 Å². The first kappa shape index (κ1) is 19.7. The number of carboxylic acid groups (broad SMARTS) is 1. The van der Waals surface area contributed by atoms with Gasteiger partial charge in [-0.15, -0.1) is 0 Å². The lowest BCUT2D eigenvalue weighted by atomic mass is 10.2. The van der Waals surface area contributed by atoms with Crippen molar-refractivity contribution >= 4 is 34.6 Å². The van der Waals surface area contributed by atoms with E-state index in [-0.39, 0.29) is 23.9 Å². The van der Waals surface area contributed by atoms with Gasteiger partial charge in [0.2, 0.25) is 5.76 Å². The highest BCUT2D eigenvalue weighted by Gasteiger charge is 2.28. The lowest BCUT2D eigenvalue weighted by molar-refractivity contribution is -0.141. The van der Waals surface area contributed by atoms with Gasteiger partial charge < -0.3 is 29.4 Å². The van der Waals surface area contributed by atoms with E-state index in [1.807, 2.05) is 0 Å². The van der Waals surface area contributed by atoms with Crippen LogP contribution < -0.4 is 5.32 Å². The highest BCUT2D eigenvalue weighted by atomic mass is 16.5. The first-order chi connectivity index (χ1) is 13.4. The Hall–Kier alpha value is -3.07. The number of amides is 3. The summed E-state index contributed by atoms with van der Waals surface area (Å²) in [6.45, 7) is 3.34. The number of anilines is 1. The van der Waals surface area contributed by atoms with Crippen molar-refractivity contribution in [2.24, 2.45) is 5.92 Å². The summed E-state index contributed by atoms with van der Waals surface area (Å²) in [4.78, 5) is 39.5. The molecule has 1 aliphatic rings. The lowest BCUT2D eigenvalue weighted by Crippen LogP contribution is -2.41. The quantitative estimate of drug-likeness (QED) is 0.810. The number of carbonyl (C=O) groups is 3. The maximum Gasteiger partial charge on any atom is 0.321 e. The zero-order valence-electron chi connectivity index (χ0n) is 15.8. The zero-order chi connectivity index (χ0) is 20.3. The smallest absolute Gasteiger partial charge is 0.321 e. The molecule has 1 fully saturated rings. The number of furan rings is 1. The number of rotatable bonds is 5. The SMILES string of the molecule is CC(CN(C)C(=O)Nc1c(C(=O)N2CCOCC2)oc2ccccc12)C(=O)O. The van der Waals surface area contributed by atoms with E-state index in [1.165, 1.54) is 18.9 Å². The second kappa shape index (κ2) is 8.30. The molecular formula is C19H23N3O6. The Morgan fingerprint density at radius 3 is 2.61 bits per heavy atom. The molecule has 1 atom stereocenters. The van der Waals surface area contributed by atoms with Gasteiger partial charge >= 0.3 is 12.0 Å². The van der Waals surface area contributed by atoms with Gasteiger partial charge in [-0.3, -0.25) is 9.59 Å². The third kappa shape index (κ3) is 4.09. The number of aliphatic carboxylic acids is 1. The molecule has 1 unspecified atom stereocenters. The predicted molar refractivity (Wildman–Crippen MR) is 101 cm³/mol. The van der Waals surface area contributed by atoms with Crippen molar-refractivity contribution in [1.82, 2.24) is 9.80 Å². The minimum Gasteiger partial charge on any atom is -0.481 e. The molecule has 2 N–H and O–H groups in total. The molecule has 3 amide bonds. The van der Waals surface area contributed by atoms with Crippen LogP contribution in [0.15, 0.2) is 28.7 Å². The number of morpholine rings is 1. The Bertz CT molecular complexity index is 887. The Morgan fingerprint density at radius 2 is 1.93 bits per heavy atom. The van der Waals surface area contributed by atoms with E-state index in [0.717, 1.165) is 0 Å². The predicted octanol–water partition coefficient (Wildman–Crippen LogP) is 2.09. The average molecular weight is 389 g/mol. The molecule has 9 nitrogen and oxygen atoms in total. The number of fused-ring (bicyclic) bond motifs is 1. The monoisotopic (exact) mass is 389 g/mol. The molecule has 150 valence electrons. The van der Waals surface area contributed by atoms with Gasteiger partial charge in [0.15, 0.2) is 0 Å². The fourth-order valence-electron chi connectivity index (χ4n) is 3.00. The van der Waals surface area contributed by atoms with Gasteiger partial charge in [-0.25, -0.2) is 4.79 Å². The van der Waals surface area contributed by atoms with Crippen LogP contribution in [-0.4, -0.2) is 72.7 Å². The molecule has 3 rings (SSSR count). The van der Waals surface area contributed by atoms with Gasteiger partial charge in [0, 0.05) is 32.1 Å². The van der Waals surface area contributed by atoms with Crippen LogP contribution in [0.3, 0.4) is 0 Å². The van der Waals surface area contributed by atoms with E-state index >= 15 is 0 Å². The van der Waals surface area contributed by atoms with Crippen LogP contribution in [0.1, 0.15) is 17.5 Å². The average Bonchev–Trinajstić information content (AvgIpc) is 3.06. The number of urea groups is 1. The first-order valence-corrected chi connectivity index (χ1v) is 9.02. The fraction of sp³-hybridized carbons (Fsp3) is 0.421. The number of para-hydroxylation sites is 1. The molecular weight excluding hydrogens is 366 g/mol. The topological polar surface area (TPSA) is 112 Å². The van der Waals surface area contributed by atoms with Crippen LogP contribution in [0.2, 0.25) is 0 Å². The number of carboxylic acids is 1. The van der Waals surface area contributed by atoms with Crippen LogP contribution in [0.4, 0.5) is 10.5 Å². The second-order valence-corrected chi connectivity index (χ2v) is 6.76. The third-order valence-corrected chi connectivity index (χ3v) is 4.64. The second-order valence-electron chi connectivity index (χ2n) is 6.76. The van der Waals surface area contributed by atoms with Crippen LogP contribution in [-0.2, 0) is 9.53 Å². The van der Waals surface area contributed by atoms with Crippen molar-refractivity contribution in [1.29, 1.82) is 0 Å². The van der Waals surface area contributed by atoms with E-state index in [0.29, 0.717) is 37.3 Å². The molecule has 9 heteroatoms. The fourth-order valence-corrected chi connectivity index (χ4v) is 3.00. The summed E-state index contributed by atoms with van der Waals surface area (Å²) >= 11 is 0. The Kier molecular flexibility index (Phi) is 5.84. The Morgan fingerprint density at radius 1 is 1.25 bits per heavy atom. The Balaban J connectivity index is 1.87. The van der Waals surface area contributed by atoms with Crippen LogP contribution in [0, 0.1) is 5.92 Å². The van der Waals surface area contributed by atoms with Crippen LogP contribution >= 0.6 is 0 Å². The van der Waals surface area contributed by atoms with Gasteiger partial charge in [-0.05, 0) is 12.1 Å². The summed E-state index contributed by atoms with van der Waals surface area (Å²) < 4.78 is 11.0. The number of hydrogen-bond donors (Lipinski definition) is 2. The molecule has 2 heterocycles. The van der Waals surface area contributed by atoms with E-state index in [1.54, 1.807) is 29.2 Å². The summed E-state index contributed by atoms with van der Waals surface area (Å²) in [5.74, 6) is -1.98. The standard InChI is InChI=1S/C19H23N3O6/c1-12(18(24)25)11-21(2)19(26)20-15-13-5-3-4-6-14(13)28-16(15)17(23)22-7-9-27-10-8-22/h3-6,12H,7-11H2,1-2H3,(H,20,26)(H,24,25). The Labute approximate surface area is 161 Å². The molecule has 1 aliphatic heterocycles. The van der Waals surface area contributed by atoms with Gasteiger partial charge in [-0.1, -0.05) is 19.1 Å². The summed E-state index contributed by atoms with van der Waals surface area (Å²) in [5.41, 5.74) is 0.767. The maximum atomic E-state index is 12.9. The molecule has 1 saturated heterocycles. The van der Waals surface area contributed by atoms with Crippen LogP contribution in [0.5, 0.6) is 0 Å². The van der Waals surface area contributed by atoms with Crippen molar-refractivity contribution in [2.45, 2.75) is 6.92 Å². The van der Waals surface area contributed by atoms with Gasteiger partial charge in [-0.2, -0.15) is 0 Å². The summed E-state index contributed by atoms with van der Waals surface area (Å²) in [7, 11) is 1.50. The number of hydrogen-bond acceptors (Lipinski definition) is 5. The summed E-state index contributed by atoms with van der Waals surface area (Å²) in [5, 5.41) is 12.4. The molecule has 0 spiro atoms. The molecule has 1 aromatic carbocycles. The lowest BCUT2D eigenvalue weighted by Gasteiger charge is -2.26. The number of ether oxygens (including phenoxy) is 1. The normalized spacial score (nSPS) is 15.3. The largest absolute Gasteiger partial charge is 0.481 e.